The number of hydrazine groups is 1. The molecule has 1 aliphatic heterocycles. The lowest BCUT2D eigenvalue weighted by Gasteiger charge is -2.40. The summed E-state index contributed by atoms with van der Waals surface area (Å²) in [5.41, 5.74) is 0. The van der Waals surface area contributed by atoms with Gasteiger partial charge in [-0.1, -0.05) is 26.7 Å². The molecule has 1 heterocycles. The van der Waals surface area contributed by atoms with Crippen molar-refractivity contribution in [1.29, 1.82) is 0 Å². The van der Waals surface area contributed by atoms with Crippen molar-refractivity contribution in [3.63, 3.8) is 0 Å². The Morgan fingerprint density at radius 3 is 2.85 bits per heavy atom. The second-order valence-electron chi connectivity index (χ2n) is 5.19. The van der Waals surface area contributed by atoms with Crippen molar-refractivity contribution in [1.82, 2.24) is 5.01 Å². The van der Waals surface area contributed by atoms with Crippen LogP contribution >= 0.6 is 0 Å². The second-order valence-corrected chi connectivity index (χ2v) is 5.19. The zero-order valence-corrected chi connectivity index (χ0v) is 8.87. The number of nitrogens with zero attached hydrogens (tertiary/aromatic N) is 1. The van der Waals surface area contributed by atoms with Gasteiger partial charge in [0, 0.05) is 12.6 Å². The Labute approximate surface area is 82.1 Å². The average molecular weight is 180 g/mol. The third-order valence-electron chi connectivity index (χ3n) is 4.04. The molecule has 3 heteroatoms. The first-order chi connectivity index (χ1) is 6.18. The van der Waals surface area contributed by atoms with Crippen LogP contribution in [0.2, 0.25) is 11.6 Å². The minimum Gasteiger partial charge on any atom is -0.269 e. The fourth-order valence-electron chi connectivity index (χ4n) is 3.08. The molecule has 0 spiro atoms. The van der Waals surface area contributed by atoms with Crippen molar-refractivity contribution in [3.8, 4) is 0 Å². The summed E-state index contributed by atoms with van der Waals surface area (Å²) in [5.74, 6) is 8.63. The molecule has 1 saturated heterocycles. The molecule has 0 aromatic heterocycles. The third-order valence-corrected chi connectivity index (χ3v) is 4.04. The Kier molecular flexibility index (Phi) is 2.66. The van der Waals surface area contributed by atoms with E-state index in [0.717, 1.165) is 30.1 Å². The molecular weight excluding hydrogens is 159 g/mol. The molecule has 1 aliphatic carbocycles. The van der Waals surface area contributed by atoms with Crippen molar-refractivity contribution >= 4 is 7.28 Å². The lowest BCUT2D eigenvalue weighted by molar-refractivity contribution is 0.176. The van der Waals surface area contributed by atoms with Gasteiger partial charge in [0.05, 0.1) is 0 Å². The monoisotopic (exact) mass is 180 g/mol. The molecule has 3 unspecified atom stereocenters. The van der Waals surface area contributed by atoms with Crippen LogP contribution in [0.5, 0.6) is 0 Å². The molecule has 13 heavy (non-hydrogen) atoms. The zero-order chi connectivity index (χ0) is 9.42. The molecule has 1 saturated carbocycles. The highest BCUT2D eigenvalue weighted by atomic mass is 15.4. The molecule has 3 atom stereocenters. The summed E-state index contributed by atoms with van der Waals surface area (Å²) in [6, 6.07) is 0.718. The molecule has 0 aromatic rings. The van der Waals surface area contributed by atoms with Gasteiger partial charge in [-0.05, 0) is 24.0 Å². The summed E-state index contributed by atoms with van der Waals surface area (Å²) < 4.78 is 0. The molecule has 2 fully saturated rings. The molecule has 2 N–H and O–H groups in total. The normalized spacial score (nSPS) is 40.5. The summed E-state index contributed by atoms with van der Waals surface area (Å²) in [5, 5.41) is 2.13. The minimum atomic E-state index is 0.718. The van der Waals surface area contributed by atoms with Crippen molar-refractivity contribution < 1.29 is 0 Å². The van der Waals surface area contributed by atoms with E-state index >= 15 is 0 Å². The fourth-order valence-corrected chi connectivity index (χ4v) is 3.08. The first kappa shape index (κ1) is 9.54. The smallest absolute Gasteiger partial charge is 0.131 e. The topological polar surface area (TPSA) is 29.3 Å². The predicted octanol–water partition coefficient (Wildman–Crippen LogP) is 1.40. The Morgan fingerprint density at radius 1 is 1.38 bits per heavy atom. The maximum Gasteiger partial charge on any atom is 0.131 e. The number of nitrogens with two attached hydrogens (primary N) is 1. The summed E-state index contributed by atoms with van der Waals surface area (Å²) in [6.45, 7) is 5.78. The second kappa shape index (κ2) is 3.62. The van der Waals surface area contributed by atoms with Gasteiger partial charge in [0.1, 0.15) is 7.28 Å². The van der Waals surface area contributed by atoms with E-state index in [-0.39, 0.29) is 0 Å². The van der Waals surface area contributed by atoms with Gasteiger partial charge in [0.15, 0.2) is 0 Å². The van der Waals surface area contributed by atoms with Crippen LogP contribution in [0.4, 0.5) is 0 Å². The first-order valence-electron chi connectivity index (χ1n) is 5.70. The Morgan fingerprint density at radius 2 is 2.15 bits per heavy atom. The van der Waals surface area contributed by atoms with Crippen LogP contribution in [0.25, 0.3) is 0 Å². The Bertz CT molecular complexity index is 184. The highest BCUT2D eigenvalue weighted by molar-refractivity contribution is 6.40. The van der Waals surface area contributed by atoms with Gasteiger partial charge in [-0.2, -0.15) is 0 Å². The van der Waals surface area contributed by atoms with E-state index in [2.05, 4.69) is 18.9 Å². The van der Waals surface area contributed by atoms with E-state index in [1.807, 2.05) is 0 Å². The van der Waals surface area contributed by atoms with Crippen LogP contribution in [0.3, 0.4) is 0 Å². The molecule has 0 amide bonds. The van der Waals surface area contributed by atoms with Crippen LogP contribution in [0.15, 0.2) is 0 Å². The fraction of sp³-hybridized carbons (Fsp3) is 1.00. The summed E-state index contributed by atoms with van der Waals surface area (Å²) in [6.07, 6.45) is 4.15. The number of rotatable bonds is 1. The van der Waals surface area contributed by atoms with Crippen molar-refractivity contribution in [2.24, 2.45) is 11.8 Å². The molecule has 2 nitrogen and oxygen atoms in total. The van der Waals surface area contributed by atoms with E-state index in [9.17, 15) is 0 Å². The molecule has 2 rings (SSSR count). The van der Waals surface area contributed by atoms with Crippen molar-refractivity contribution in [2.75, 3.05) is 6.54 Å². The lowest BCUT2D eigenvalue weighted by atomic mass is 9.48. The molecular formula is C10H21BN2. The van der Waals surface area contributed by atoms with Crippen molar-refractivity contribution in [2.45, 2.75) is 50.8 Å². The molecule has 0 radical (unpaired) electrons. The summed E-state index contributed by atoms with van der Waals surface area (Å²) in [4.78, 5) is 0. The maximum absolute atomic E-state index is 6.08. The maximum atomic E-state index is 6.08. The van der Waals surface area contributed by atoms with Crippen LogP contribution in [0.1, 0.15) is 33.1 Å². The van der Waals surface area contributed by atoms with Crippen molar-refractivity contribution in [3.05, 3.63) is 0 Å². The highest BCUT2D eigenvalue weighted by Crippen LogP contribution is 2.40. The Balaban J connectivity index is 2.01. The van der Waals surface area contributed by atoms with Crippen LogP contribution in [0, 0.1) is 5.92 Å². The van der Waals surface area contributed by atoms with Crippen LogP contribution in [-0.4, -0.2) is 24.9 Å². The van der Waals surface area contributed by atoms with Crippen LogP contribution in [-0.2, 0) is 0 Å². The first-order valence-corrected chi connectivity index (χ1v) is 5.70. The van der Waals surface area contributed by atoms with E-state index < -0.39 is 0 Å². The van der Waals surface area contributed by atoms with Gasteiger partial charge in [0.2, 0.25) is 0 Å². The van der Waals surface area contributed by atoms with E-state index in [4.69, 9.17) is 5.84 Å². The van der Waals surface area contributed by atoms with E-state index in [0.29, 0.717) is 0 Å². The lowest BCUT2D eigenvalue weighted by Crippen LogP contribution is -2.50. The molecule has 0 bridgehead atoms. The number of fused-ring (bicyclic) bond motifs is 1. The highest BCUT2D eigenvalue weighted by Gasteiger charge is 2.39. The van der Waals surface area contributed by atoms with Gasteiger partial charge >= 0.3 is 0 Å². The quantitative estimate of drug-likeness (QED) is 0.488. The largest absolute Gasteiger partial charge is 0.269 e. The number of hydrogen-bond acceptors (Lipinski definition) is 2. The average Bonchev–Trinajstić information content (AvgIpc) is 2.51. The standard InChI is InChI=1S/C10H21BN2/c1-7(2)9-6-13(12)10-5-3-4-8(10)11-9/h7-11H,3-6,12H2,1-2H3. The van der Waals surface area contributed by atoms with Gasteiger partial charge in [-0.15, -0.1) is 0 Å². The Hall–Kier alpha value is -0.0151. The zero-order valence-electron chi connectivity index (χ0n) is 8.87. The number of hydrogen-bond donors (Lipinski definition) is 1. The summed E-state index contributed by atoms with van der Waals surface area (Å²) in [7, 11) is 1.43. The molecule has 0 aromatic carbocycles. The third kappa shape index (κ3) is 1.77. The van der Waals surface area contributed by atoms with Gasteiger partial charge in [-0.3, -0.25) is 5.84 Å². The molecule has 74 valence electrons. The SMILES string of the molecule is CC(C)C1BC2CCCC2N(N)C1. The summed E-state index contributed by atoms with van der Waals surface area (Å²) >= 11 is 0. The minimum absolute atomic E-state index is 0.718. The predicted molar refractivity (Wildman–Crippen MR) is 58.0 cm³/mol. The van der Waals surface area contributed by atoms with E-state index in [1.165, 1.54) is 26.5 Å². The molecule has 2 aliphatic rings. The van der Waals surface area contributed by atoms with Gasteiger partial charge < -0.3 is 0 Å². The van der Waals surface area contributed by atoms with Gasteiger partial charge in [0.25, 0.3) is 0 Å². The van der Waals surface area contributed by atoms with E-state index in [1.54, 1.807) is 0 Å². The van der Waals surface area contributed by atoms with Gasteiger partial charge in [-0.25, -0.2) is 5.01 Å². The van der Waals surface area contributed by atoms with Crippen LogP contribution < -0.4 is 5.84 Å².